The monoisotopic (exact) mass is 368 g/mol. The van der Waals surface area contributed by atoms with Gasteiger partial charge in [0.2, 0.25) is 5.78 Å². The largest absolute Gasteiger partial charge is 0.452 e. The molecule has 4 rings (SSSR count). The zero-order chi connectivity index (χ0) is 18.6. The number of nitrogens with zero attached hydrogens (tertiary/aromatic N) is 2. The minimum absolute atomic E-state index is 0.00356. The molecule has 0 atom stereocenters. The minimum atomic E-state index is -0.0740. The Hall–Kier alpha value is -1.98. The van der Waals surface area contributed by atoms with Crippen molar-refractivity contribution in [2.45, 2.75) is 38.5 Å². The van der Waals surface area contributed by atoms with Gasteiger partial charge in [0, 0.05) is 5.39 Å². The first kappa shape index (κ1) is 18.4. The standard InChI is InChI=1S/C22H28N2O3/c25-18(15-23-11-5-1-6-12-23)21-17-9-3-4-10-20(17)27-22(21)19(26)16-24-13-7-2-8-14-24/h3-4,9-10H,1-2,5-8,11-16H2. The molecule has 2 aliphatic heterocycles. The van der Waals surface area contributed by atoms with E-state index in [4.69, 9.17) is 4.42 Å². The van der Waals surface area contributed by atoms with E-state index in [9.17, 15) is 9.59 Å². The summed E-state index contributed by atoms with van der Waals surface area (Å²) in [5, 5.41) is 0.765. The molecule has 0 amide bonds. The Bertz CT molecular complexity index is 814. The van der Waals surface area contributed by atoms with E-state index in [1.165, 1.54) is 12.8 Å². The summed E-state index contributed by atoms with van der Waals surface area (Å²) in [5.41, 5.74) is 1.11. The highest BCUT2D eigenvalue weighted by Crippen LogP contribution is 2.28. The number of furan rings is 1. The first-order chi connectivity index (χ1) is 13.2. The summed E-state index contributed by atoms with van der Waals surface area (Å²) >= 11 is 0. The lowest BCUT2D eigenvalue weighted by molar-refractivity contribution is 0.0863. The first-order valence-corrected chi connectivity index (χ1v) is 10.2. The molecule has 2 aromatic rings. The van der Waals surface area contributed by atoms with Gasteiger partial charge in [0.1, 0.15) is 5.58 Å². The van der Waals surface area contributed by atoms with Crippen LogP contribution in [0.2, 0.25) is 0 Å². The molecule has 0 aliphatic carbocycles. The van der Waals surface area contributed by atoms with E-state index in [1.807, 2.05) is 24.3 Å². The van der Waals surface area contributed by atoms with Crippen LogP contribution in [0.3, 0.4) is 0 Å². The van der Waals surface area contributed by atoms with Crippen molar-refractivity contribution in [1.82, 2.24) is 9.80 Å². The number of Topliss-reactive ketones (excluding diaryl/α,β-unsaturated/α-hetero) is 2. The van der Waals surface area contributed by atoms with Crippen molar-refractivity contribution in [3.8, 4) is 0 Å². The van der Waals surface area contributed by atoms with Gasteiger partial charge in [0.05, 0.1) is 18.7 Å². The smallest absolute Gasteiger partial charge is 0.212 e. The van der Waals surface area contributed by atoms with Crippen LogP contribution in [0.15, 0.2) is 28.7 Å². The van der Waals surface area contributed by atoms with Crippen LogP contribution in [0.1, 0.15) is 59.4 Å². The van der Waals surface area contributed by atoms with Gasteiger partial charge in [-0.25, -0.2) is 0 Å². The zero-order valence-electron chi connectivity index (χ0n) is 15.9. The molecule has 5 heteroatoms. The van der Waals surface area contributed by atoms with Crippen molar-refractivity contribution in [3.05, 3.63) is 35.6 Å². The Morgan fingerprint density at radius 2 is 1.33 bits per heavy atom. The van der Waals surface area contributed by atoms with Crippen LogP contribution in [-0.4, -0.2) is 60.6 Å². The van der Waals surface area contributed by atoms with E-state index in [0.717, 1.165) is 57.2 Å². The lowest BCUT2D eigenvalue weighted by atomic mass is 10.0. The van der Waals surface area contributed by atoms with Crippen LogP contribution >= 0.6 is 0 Å². The normalized spacial score (nSPS) is 19.4. The Labute approximate surface area is 160 Å². The lowest BCUT2D eigenvalue weighted by Crippen LogP contribution is -2.36. The third-order valence-corrected chi connectivity index (χ3v) is 5.76. The number of rotatable bonds is 6. The summed E-state index contributed by atoms with van der Waals surface area (Å²) in [6.45, 7) is 4.51. The molecule has 0 bridgehead atoms. The van der Waals surface area contributed by atoms with Gasteiger partial charge in [-0.15, -0.1) is 0 Å². The summed E-state index contributed by atoms with van der Waals surface area (Å²) in [6, 6.07) is 7.50. The summed E-state index contributed by atoms with van der Waals surface area (Å²) in [5.74, 6) is 0.183. The number of ketones is 2. The molecule has 0 saturated carbocycles. The minimum Gasteiger partial charge on any atom is -0.452 e. The second-order valence-electron chi connectivity index (χ2n) is 7.82. The summed E-state index contributed by atoms with van der Waals surface area (Å²) in [7, 11) is 0. The lowest BCUT2D eigenvalue weighted by Gasteiger charge is -2.26. The summed E-state index contributed by atoms with van der Waals surface area (Å²) in [6.07, 6.45) is 7.01. The molecule has 3 heterocycles. The molecule has 144 valence electrons. The van der Waals surface area contributed by atoms with Gasteiger partial charge in [0.25, 0.3) is 0 Å². The van der Waals surface area contributed by atoms with Crippen LogP contribution in [0, 0.1) is 0 Å². The predicted molar refractivity (Wildman–Crippen MR) is 105 cm³/mol. The fraction of sp³-hybridized carbons (Fsp3) is 0.545. The fourth-order valence-corrected chi connectivity index (χ4v) is 4.31. The third-order valence-electron chi connectivity index (χ3n) is 5.76. The molecule has 2 aliphatic rings. The van der Waals surface area contributed by atoms with Gasteiger partial charge in [-0.05, 0) is 57.9 Å². The molecular formula is C22H28N2O3. The van der Waals surface area contributed by atoms with E-state index in [2.05, 4.69) is 9.80 Å². The van der Waals surface area contributed by atoms with Crippen molar-refractivity contribution in [1.29, 1.82) is 0 Å². The van der Waals surface area contributed by atoms with Crippen LogP contribution in [0.5, 0.6) is 0 Å². The van der Waals surface area contributed by atoms with Gasteiger partial charge in [-0.2, -0.15) is 0 Å². The quantitative estimate of drug-likeness (QED) is 0.727. The Kier molecular flexibility index (Phi) is 5.69. The highest BCUT2D eigenvalue weighted by molar-refractivity contribution is 6.16. The zero-order valence-corrected chi connectivity index (χ0v) is 15.9. The number of likely N-dealkylation sites (tertiary alicyclic amines) is 2. The molecule has 0 unspecified atom stereocenters. The van der Waals surface area contributed by atoms with Crippen LogP contribution in [0.25, 0.3) is 11.0 Å². The number of fused-ring (bicyclic) bond motifs is 1. The predicted octanol–water partition coefficient (Wildman–Crippen LogP) is 3.77. The third kappa shape index (κ3) is 4.14. The fourth-order valence-electron chi connectivity index (χ4n) is 4.31. The number of carbonyl (C=O) groups is 2. The van der Waals surface area contributed by atoms with E-state index >= 15 is 0 Å². The second kappa shape index (κ2) is 8.36. The summed E-state index contributed by atoms with van der Waals surface area (Å²) in [4.78, 5) is 30.5. The Morgan fingerprint density at radius 1 is 0.778 bits per heavy atom. The van der Waals surface area contributed by atoms with Crippen LogP contribution in [-0.2, 0) is 0 Å². The van der Waals surface area contributed by atoms with Crippen molar-refractivity contribution in [2.24, 2.45) is 0 Å². The average Bonchev–Trinajstić information content (AvgIpc) is 3.09. The molecule has 1 aromatic heterocycles. The number of piperidine rings is 2. The number of hydrogen-bond donors (Lipinski definition) is 0. The van der Waals surface area contributed by atoms with Gasteiger partial charge in [-0.3, -0.25) is 19.4 Å². The van der Waals surface area contributed by atoms with E-state index in [1.54, 1.807) is 0 Å². The summed E-state index contributed by atoms with van der Waals surface area (Å²) < 4.78 is 5.90. The van der Waals surface area contributed by atoms with E-state index < -0.39 is 0 Å². The molecular weight excluding hydrogens is 340 g/mol. The van der Waals surface area contributed by atoms with Crippen molar-refractivity contribution >= 4 is 22.5 Å². The van der Waals surface area contributed by atoms with Gasteiger partial charge < -0.3 is 4.42 Å². The van der Waals surface area contributed by atoms with Gasteiger partial charge in [-0.1, -0.05) is 31.0 Å². The molecule has 1 aromatic carbocycles. The number of para-hydroxylation sites is 1. The van der Waals surface area contributed by atoms with Crippen LogP contribution < -0.4 is 0 Å². The first-order valence-electron chi connectivity index (χ1n) is 10.2. The maximum absolute atomic E-state index is 13.1. The maximum atomic E-state index is 13.1. The highest BCUT2D eigenvalue weighted by Gasteiger charge is 2.28. The SMILES string of the molecule is O=C(CN1CCCCC1)c1oc2ccccc2c1C(=O)CN1CCCCC1. The Morgan fingerprint density at radius 3 is 1.96 bits per heavy atom. The molecule has 2 fully saturated rings. The Balaban J connectivity index is 1.60. The van der Waals surface area contributed by atoms with Gasteiger partial charge in [0.15, 0.2) is 11.5 Å². The molecule has 0 radical (unpaired) electrons. The van der Waals surface area contributed by atoms with Crippen LogP contribution in [0.4, 0.5) is 0 Å². The number of carbonyl (C=O) groups excluding carboxylic acids is 2. The van der Waals surface area contributed by atoms with E-state index in [0.29, 0.717) is 24.2 Å². The topological polar surface area (TPSA) is 53.8 Å². The van der Waals surface area contributed by atoms with Crippen molar-refractivity contribution < 1.29 is 14.0 Å². The van der Waals surface area contributed by atoms with Crippen molar-refractivity contribution in [2.75, 3.05) is 39.3 Å². The number of benzene rings is 1. The maximum Gasteiger partial charge on any atom is 0.212 e. The highest BCUT2D eigenvalue weighted by atomic mass is 16.3. The molecule has 0 spiro atoms. The van der Waals surface area contributed by atoms with E-state index in [-0.39, 0.29) is 17.3 Å². The molecule has 2 saturated heterocycles. The molecule has 5 nitrogen and oxygen atoms in total. The van der Waals surface area contributed by atoms with Crippen molar-refractivity contribution in [3.63, 3.8) is 0 Å². The molecule has 0 N–H and O–H groups in total. The second-order valence-corrected chi connectivity index (χ2v) is 7.82. The molecule has 27 heavy (non-hydrogen) atoms. The van der Waals surface area contributed by atoms with Gasteiger partial charge >= 0.3 is 0 Å². The average molecular weight is 368 g/mol. The number of hydrogen-bond acceptors (Lipinski definition) is 5.